The van der Waals surface area contributed by atoms with Gasteiger partial charge in [-0.25, -0.2) is 0 Å². The van der Waals surface area contributed by atoms with E-state index in [0.29, 0.717) is 5.75 Å². The van der Waals surface area contributed by atoms with Crippen molar-refractivity contribution in [1.29, 1.82) is 0 Å². The van der Waals surface area contributed by atoms with Crippen molar-refractivity contribution in [3.8, 4) is 11.4 Å². The van der Waals surface area contributed by atoms with E-state index in [2.05, 4.69) is 26.1 Å². The zero-order chi connectivity index (χ0) is 18.6. The predicted octanol–water partition coefficient (Wildman–Crippen LogP) is 4.77. The first kappa shape index (κ1) is 18.3. The number of carbonyl (C=O) groups excluding carboxylic acids is 1. The molecule has 0 radical (unpaired) electrons. The number of hydrogen-bond acceptors (Lipinski definition) is 5. The van der Waals surface area contributed by atoms with E-state index in [4.69, 9.17) is 0 Å². The fourth-order valence-corrected chi connectivity index (χ4v) is 4.85. The number of carbonyl (C=O) groups is 1. The molecule has 0 atom stereocenters. The van der Waals surface area contributed by atoms with Gasteiger partial charge in [0.05, 0.1) is 9.96 Å². The monoisotopic (exact) mass is 398 g/mol. The summed E-state index contributed by atoms with van der Waals surface area (Å²) in [6.45, 7) is 2.97. The van der Waals surface area contributed by atoms with Crippen LogP contribution < -0.4 is 5.32 Å². The Bertz CT molecular complexity index is 934. The first-order valence-electron chi connectivity index (χ1n) is 9.20. The van der Waals surface area contributed by atoms with Crippen LogP contribution in [0.25, 0.3) is 11.4 Å². The Morgan fingerprint density at radius 2 is 2.19 bits per heavy atom. The fourth-order valence-electron chi connectivity index (χ4n) is 3.26. The molecule has 1 amide bonds. The number of nitrogens with zero attached hydrogens (tertiary/aromatic N) is 3. The average molecular weight is 399 g/mol. The van der Waals surface area contributed by atoms with Crippen molar-refractivity contribution in [2.45, 2.75) is 43.4 Å². The van der Waals surface area contributed by atoms with Crippen LogP contribution in [0.2, 0.25) is 0 Å². The van der Waals surface area contributed by atoms with Crippen LogP contribution in [0, 0.1) is 6.92 Å². The summed E-state index contributed by atoms with van der Waals surface area (Å²) < 4.78 is 3.39. The third kappa shape index (κ3) is 4.25. The molecule has 0 fully saturated rings. The third-order valence-corrected chi connectivity index (χ3v) is 6.85. The van der Waals surface area contributed by atoms with Gasteiger partial charge in [0.1, 0.15) is 5.82 Å². The molecular weight excluding hydrogens is 376 g/mol. The Labute approximate surface area is 167 Å². The molecule has 27 heavy (non-hydrogen) atoms. The van der Waals surface area contributed by atoms with Crippen molar-refractivity contribution >= 4 is 34.7 Å². The molecule has 2 aromatic heterocycles. The van der Waals surface area contributed by atoms with Crippen LogP contribution in [0.15, 0.2) is 39.9 Å². The number of aryl methyl sites for hydroxylation is 2. The molecule has 0 bridgehead atoms. The van der Waals surface area contributed by atoms with Crippen molar-refractivity contribution < 1.29 is 4.79 Å². The quantitative estimate of drug-likeness (QED) is 0.629. The molecule has 1 N–H and O–H groups in total. The number of hydrogen-bond donors (Lipinski definition) is 1. The molecule has 1 aliphatic heterocycles. The molecular formula is C20H22N4OS2. The fraction of sp³-hybridized carbons (Fsp3) is 0.350. The molecule has 1 aromatic carbocycles. The summed E-state index contributed by atoms with van der Waals surface area (Å²) in [5, 5.41) is 13.9. The van der Waals surface area contributed by atoms with Crippen LogP contribution in [0.3, 0.4) is 0 Å². The van der Waals surface area contributed by atoms with Gasteiger partial charge < -0.3 is 9.88 Å². The second-order valence-electron chi connectivity index (χ2n) is 6.70. The Hall–Kier alpha value is -2.12. The van der Waals surface area contributed by atoms with Gasteiger partial charge in [0.15, 0.2) is 5.82 Å². The van der Waals surface area contributed by atoms with Gasteiger partial charge in [-0.1, -0.05) is 24.6 Å². The normalized spacial score (nSPS) is 13.8. The molecule has 3 aromatic rings. The minimum Gasteiger partial charge on any atom is -0.325 e. The Morgan fingerprint density at radius 3 is 3.04 bits per heavy atom. The van der Waals surface area contributed by atoms with E-state index in [1.807, 2.05) is 36.6 Å². The summed E-state index contributed by atoms with van der Waals surface area (Å²) >= 11 is 3.22. The summed E-state index contributed by atoms with van der Waals surface area (Å²) in [4.78, 5) is 12.4. The second-order valence-corrected chi connectivity index (χ2v) is 8.92. The van der Waals surface area contributed by atoms with Gasteiger partial charge in [0, 0.05) is 24.2 Å². The van der Waals surface area contributed by atoms with Crippen molar-refractivity contribution in [2.24, 2.45) is 0 Å². The van der Waals surface area contributed by atoms with Crippen LogP contribution in [-0.4, -0.2) is 26.4 Å². The maximum absolute atomic E-state index is 12.4. The van der Waals surface area contributed by atoms with E-state index < -0.39 is 0 Å². The van der Waals surface area contributed by atoms with Gasteiger partial charge in [0.25, 0.3) is 0 Å². The van der Waals surface area contributed by atoms with Crippen LogP contribution in [0.4, 0.5) is 5.69 Å². The van der Waals surface area contributed by atoms with E-state index in [1.165, 1.54) is 12.8 Å². The number of aromatic nitrogens is 3. The van der Waals surface area contributed by atoms with Crippen LogP contribution >= 0.6 is 23.1 Å². The van der Waals surface area contributed by atoms with E-state index in [1.54, 1.807) is 23.1 Å². The number of fused-ring (bicyclic) bond motifs is 1. The maximum atomic E-state index is 12.4. The molecule has 7 heteroatoms. The lowest BCUT2D eigenvalue weighted by molar-refractivity contribution is -0.113. The van der Waals surface area contributed by atoms with Gasteiger partial charge in [0.2, 0.25) is 5.91 Å². The van der Waals surface area contributed by atoms with Crippen molar-refractivity contribution in [3.05, 3.63) is 47.1 Å². The minimum atomic E-state index is 0.00808. The molecule has 1 aliphatic rings. The van der Waals surface area contributed by atoms with Crippen LogP contribution in [-0.2, 0) is 17.8 Å². The number of thioether (sulfide) groups is 1. The van der Waals surface area contributed by atoms with Crippen molar-refractivity contribution in [1.82, 2.24) is 14.8 Å². The Balaban J connectivity index is 1.51. The smallest absolute Gasteiger partial charge is 0.234 e. The number of thiophene rings is 1. The molecule has 0 saturated carbocycles. The molecule has 0 saturated heterocycles. The molecule has 140 valence electrons. The first-order chi connectivity index (χ1) is 13.2. The number of anilines is 1. The highest BCUT2D eigenvalue weighted by Crippen LogP contribution is 2.28. The highest BCUT2D eigenvalue weighted by Gasteiger charge is 2.17. The van der Waals surface area contributed by atoms with Crippen molar-refractivity contribution in [3.63, 3.8) is 0 Å². The largest absolute Gasteiger partial charge is 0.325 e. The Kier molecular flexibility index (Phi) is 5.59. The molecule has 3 heterocycles. The zero-order valence-corrected chi connectivity index (χ0v) is 16.9. The summed E-state index contributed by atoms with van der Waals surface area (Å²) in [5.74, 6) is 2.38. The van der Waals surface area contributed by atoms with Gasteiger partial charge in [-0.15, -0.1) is 33.3 Å². The topological polar surface area (TPSA) is 59.8 Å². The van der Waals surface area contributed by atoms with Gasteiger partial charge >= 0.3 is 0 Å². The summed E-state index contributed by atoms with van der Waals surface area (Å²) in [6, 6.07) is 10.2. The molecule has 4 rings (SSSR count). The molecule has 0 spiro atoms. The number of benzene rings is 1. The highest BCUT2D eigenvalue weighted by molar-refractivity contribution is 8.01. The molecule has 0 aliphatic carbocycles. The second kappa shape index (κ2) is 8.27. The standard InChI is InChI=1S/C20H22N4OS2/c1-14-8-9-15(20-23-22-17-6-3-2-4-10-24(17)20)12-16(14)21-18(25)13-27-19-7-5-11-26-19/h5,7-9,11-12H,2-4,6,10,13H2,1H3,(H,21,25). The molecule has 5 nitrogen and oxygen atoms in total. The summed E-state index contributed by atoms with van der Waals surface area (Å²) in [7, 11) is 0. The van der Waals surface area contributed by atoms with Crippen LogP contribution in [0.1, 0.15) is 30.7 Å². The summed E-state index contributed by atoms with van der Waals surface area (Å²) in [5.41, 5.74) is 2.89. The van der Waals surface area contributed by atoms with E-state index in [9.17, 15) is 4.79 Å². The SMILES string of the molecule is Cc1ccc(-c2nnc3n2CCCCC3)cc1NC(=O)CSc1cccs1. The predicted molar refractivity (Wildman–Crippen MR) is 111 cm³/mol. The third-order valence-electron chi connectivity index (χ3n) is 4.72. The number of amides is 1. The molecule has 0 unspecified atom stereocenters. The van der Waals surface area contributed by atoms with E-state index in [-0.39, 0.29) is 5.91 Å². The lowest BCUT2D eigenvalue weighted by Gasteiger charge is -2.12. The Morgan fingerprint density at radius 1 is 1.26 bits per heavy atom. The average Bonchev–Trinajstić information content (AvgIpc) is 3.27. The first-order valence-corrected chi connectivity index (χ1v) is 11.1. The lowest BCUT2D eigenvalue weighted by atomic mass is 10.1. The number of nitrogens with one attached hydrogen (secondary N) is 1. The summed E-state index contributed by atoms with van der Waals surface area (Å²) in [6.07, 6.45) is 4.56. The maximum Gasteiger partial charge on any atom is 0.234 e. The minimum absolute atomic E-state index is 0.00808. The highest BCUT2D eigenvalue weighted by atomic mass is 32.2. The van der Waals surface area contributed by atoms with Gasteiger partial charge in [-0.2, -0.15) is 0 Å². The number of rotatable bonds is 5. The van der Waals surface area contributed by atoms with Crippen LogP contribution in [0.5, 0.6) is 0 Å². The van der Waals surface area contributed by atoms with Gasteiger partial charge in [-0.05, 0) is 42.8 Å². The van der Waals surface area contributed by atoms with Crippen molar-refractivity contribution in [2.75, 3.05) is 11.1 Å². The van der Waals surface area contributed by atoms with E-state index >= 15 is 0 Å². The van der Waals surface area contributed by atoms with E-state index in [0.717, 1.165) is 52.1 Å². The van der Waals surface area contributed by atoms with Gasteiger partial charge in [-0.3, -0.25) is 4.79 Å². The zero-order valence-electron chi connectivity index (χ0n) is 15.3. The lowest BCUT2D eigenvalue weighted by Crippen LogP contribution is -2.15.